The fraction of sp³-hybridized carbons (Fsp3) is 0.706. The molecule has 1 saturated heterocycles. The lowest BCUT2D eigenvalue weighted by Gasteiger charge is -2.32. The zero-order chi connectivity index (χ0) is 17.7. The number of piperidine rings is 1. The van der Waals surface area contributed by atoms with Gasteiger partial charge in [-0.1, -0.05) is 5.16 Å². The Labute approximate surface area is 142 Å². The van der Waals surface area contributed by atoms with E-state index in [0.29, 0.717) is 38.9 Å². The molecular weight excluding hydrogens is 310 g/mol. The van der Waals surface area contributed by atoms with Crippen LogP contribution in [0.25, 0.3) is 0 Å². The SMILES string of the molecule is Cc1cc(CCNC(=O)C2CCN(C(=O)OC(C)(C)C)CC2)no1. The van der Waals surface area contributed by atoms with Gasteiger partial charge in [0.1, 0.15) is 11.4 Å². The Hall–Kier alpha value is -2.05. The van der Waals surface area contributed by atoms with Crippen molar-refractivity contribution in [2.24, 2.45) is 5.92 Å². The number of aryl methyl sites for hydroxylation is 1. The van der Waals surface area contributed by atoms with Crippen molar-refractivity contribution in [3.8, 4) is 0 Å². The third-order valence-electron chi connectivity index (χ3n) is 3.87. The third kappa shape index (κ3) is 5.54. The van der Waals surface area contributed by atoms with Gasteiger partial charge in [-0.15, -0.1) is 0 Å². The van der Waals surface area contributed by atoms with E-state index in [0.717, 1.165) is 11.5 Å². The van der Waals surface area contributed by atoms with Gasteiger partial charge in [-0.25, -0.2) is 4.79 Å². The number of nitrogens with one attached hydrogen (secondary N) is 1. The van der Waals surface area contributed by atoms with Crippen LogP contribution in [0.1, 0.15) is 45.1 Å². The maximum absolute atomic E-state index is 12.2. The number of hydrogen-bond acceptors (Lipinski definition) is 5. The molecule has 0 aliphatic carbocycles. The molecule has 1 aromatic rings. The van der Waals surface area contributed by atoms with E-state index in [9.17, 15) is 9.59 Å². The molecule has 24 heavy (non-hydrogen) atoms. The van der Waals surface area contributed by atoms with Gasteiger partial charge in [0.25, 0.3) is 0 Å². The molecule has 1 aromatic heterocycles. The lowest BCUT2D eigenvalue weighted by atomic mass is 9.96. The molecule has 7 heteroatoms. The summed E-state index contributed by atoms with van der Waals surface area (Å²) >= 11 is 0. The molecule has 1 N–H and O–H groups in total. The predicted octanol–water partition coefficient (Wildman–Crippen LogP) is 2.29. The van der Waals surface area contributed by atoms with Crippen LogP contribution in [0.2, 0.25) is 0 Å². The number of amides is 2. The highest BCUT2D eigenvalue weighted by Crippen LogP contribution is 2.19. The van der Waals surface area contributed by atoms with Gasteiger partial charge in [0.05, 0.1) is 5.69 Å². The smallest absolute Gasteiger partial charge is 0.410 e. The number of likely N-dealkylation sites (tertiary alicyclic amines) is 1. The number of carbonyl (C=O) groups excluding carboxylic acids is 2. The summed E-state index contributed by atoms with van der Waals surface area (Å²) in [5.41, 5.74) is 0.345. The average molecular weight is 337 g/mol. The summed E-state index contributed by atoms with van der Waals surface area (Å²) < 4.78 is 10.4. The highest BCUT2D eigenvalue weighted by atomic mass is 16.6. The Morgan fingerprint density at radius 1 is 1.38 bits per heavy atom. The van der Waals surface area contributed by atoms with Gasteiger partial charge in [0.15, 0.2) is 0 Å². The van der Waals surface area contributed by atoms with E-state index in [1.807, 2.05) is 33.8 Å². The molecule has 0 aromatic carbocycles. The van der Waals surface area contributed by atoms with Gasteiger partial charge in [-0.05, 0) is 40.5 Å². The summed E-state index contributed by atoms with van der Waals surface area (Å²) in [7, 11) is 0. The Morgan fingerprint density at radius 3 is 2.58 bits per heavy atom. The number of ether oxygens (including phenoxy) is 1. The van der Waals surface area contributed by atoms with E-state index in [1.54, 1.807) is 4.90 Å². The Morgan fingerprint density at radius 2 is 2.04 bits per heavy atom. The van der Waals surface area contributed by atoms with E-state index in [4.69, 9.17) is 9.26 Å². The van der Waals surface area contributed by atoms with E-state index < -0.39 is 5.60 Å². The number of rotatable bonds is 4. The van der Waals surface area contributed by atoms with Gasteiger partial charge in [0, 0.05) is 38.0 Å². The van der Waals surface area contributed by atoms with Crippen molar-refractivity contribution in [3.05, 3.63) is 17.5 Å². The van der Waals surface area contributed by atoms with Crippen LogP contribution in [-0.4, -0.2) is 47.3 Å². The second-order valence-electron chi connectivity index (χ2n) is 7.21. The number of carbonyl (C=O) groups is 2. The summed E-state index contributed by atoms with van der Waals surface area (Å²) in [6.07, 6.45) is 1.67. The summed E-state index contributed by atoms with van der Waals surface area (Å²) in [6, 6.07) is 1.87. The second-order valence-corrected chi connectivity index (χ2v) is 7.21. The summed E-state index contributed by atoms with van der Waals surface area (Å²) in [5, 5.41) is 6.84. The fourth-order valence-corrected chi connectivity index (χ4v) is 2.64. The first-order valence-electron chi connectivity index (χ1n) is 8.42. The van der Waals surface area contributed by atoms with Crippen LogP contribution in [0, 0.1) is 12.8 Å². The zero-order valence-electron chi connectivity index (χ0n) is 14.9. The predicted molar refractivity (Wildman–Crippen MR) is 88.5 cm³/mol. The molecule has 2 amide bonds. The lowest BCUT2D eigenvalue weighted by molar-refractivity contribution is -0.126. The first-order valence-corrected chi connectivity index (χ1v) is 8.42. The monoisotopic (exact) mass is 337 g/mol. The topological polar surface area (TPSA) is 84.7 Å². The molecule has 7 nitrogen and oxygen atoms in total. The first kappa shape index (κ1) is 18.3. The second kappa shape index (κ2) is 7.68. The fourth-order valence-electron chi connectivity index (χ4n) is 2.64. The van der Waals surface area contributed by atoms with E-state index in [-0.39, 0.29) is 17.9 Å². The van der Waals surface area contributed by atoms with Gasteiger partial charge < -0.3 is 19.5 Å². The van der Waals surface area contributed by atoms with Crippen LogP contribution in [0.3, 0.4) is 0 Å². The van der Waals surface area contributed by atoms with Crippen molar-refractivity contribution in [2.45, 2.75) is 52.6 Å². The molecule has 1 fully saturated rings. The standard InChI is InChI=1S/C17H27N3O4/c1-12-11-14(19-24-12)5-8-18-15(21)13-6-9-20(10-7-13)16(22)23-17(2,3)4/h11,13H,5-10H2,1-4H3,(H,18,21). The molecule has 0 atom stereocenters. The third-order valence-corrected chi connectivity index (χ3v) is 3.87. The van der Waals surface area contributed by atoms with Crippen LogP contribution in [0.5, 0.6) is 0 Å². The van der Waals surface area contributed by atoms with Gasteiger partial charge >= 0.3 is 6.09 Å². The van der Waals surface area contributed by atoms with E-state index in [2.05, 4.69) is 10.5 Å². The van der Waals surface area contributed by atoms with Crippen molar-refractivity contribution in [2.75, 3.05) is 19.6 Å². The molecule has 0 spiro atoms. The zero-order valence-corrected chi connectivity index (χ0v) is 14.9. The van der Waals surface area contributed by atoms with Gasteiger partial charge in [0.2, 0.25) is 5.91 Å². The van der Waals surface area contributed by atoms with Crippen LogP contribution in [0.15, 0.2) is 10.6 Å². The molecule has 2 heterocycles. The van der Waals surface area contributed by atoms with Crippen LogP contribution in [0.4, 0.5) is 4.79 Å². The highest BCUT2D eigenvalue weighted by Gasteiger charge is 2.29. The quantitative estimate of drug-likeness (QED) is 0.911. The minimum absolute atomic E-state index is 0.0408. The summed E-state index contributed by atoms with van der Waals surface area (Å²) in [4.78, 5) is 25.9. The van der Waals surface area contributed by atoms with Crippen molar-refractivity contribution in [3.63, 3.8) is 0 Å². The average Bonchev–Trinajstić information content (AvgIpc) is 2.91. The Bertz CT molecular complexity index is 569. The normalized spacial score (nSPS) is 16.1. The molecule has 1 aliphatic rings. The number of hydrogen-bond donors (Lipinski definition) is 1. The molecular formula is C17H27N3O4. The minimum atomic E-state index is -0.495. The largest absolute Gasteiger partial charge is 0.444 e. The molecule has 0 radical (unpaired) electrons. The van der Waals surface area contributed by atoms with Crippen LogP contribution in [-0.2, 0) is 16.0 Å². The molecule has 0 unspecified atom stereocenters. The van der Waals surface area contributed by atoms with E-state index >= 15 is 0 Å². The van der Waals surface area contributed by atoms with Crippen molar-refractivity contribution >= 4 is 12.0 Å². The van der Waals surface area contributed by atoms with Crippen molar-refractivity contribution in [1.82, 2.24) is 15.4 Å². The molecule has 0 saturated carbocycles. The summed E-state index contributed by atoms with van der Waals surface area (Å²) in [5.74, 6) is 0.757. The van der Waals surface area contributed by atoms with E-state index in [1.165, 1.54) is 0 Å². The van der Waals surface area contributed by atoms with Gasteiger partial charge in [-0.2, -0.15) is 0 Å². The molecule has 2 rings (SSSR count). The Balaban J connectivity index is 1.69. The van der Waals surface area contributed by atoms with Crippen LogP contribution < -0.4 is 5.32 Å². The highest BCUT2D eigenvalue weighted by molar-refractivity contribution is 5.79. The Kier molecular flexibility index (Phi) is 5.85. The number of nitrogens with zero attached hydrogens (tertiary/aromatic N) is 2. The number of aromatic nitrogens is 1. The maximum atomic E-state index is 12.2. The first-order chi connectivity index (χ1) is 11.2. The van der Waals surface area contributed by atoms with Crippen molar-refractivity contribution < 1.29 is 18.8 Å². The van der Waals surface area contributed by atoms with Crippen molar-refractivity contribution in [1.29, 1.82) is 0 Å². The molecule has 0 bridgehead atoms. The maximum Gasteiger partial charge on any atom is 0.410 e. The minimum Gasteiger partial charge on any atom is -0.444 e. The summed E-state index contributed by atoms with van der Waals surface area (Å²) in [6.45, 7) is 9.03. The van der Waals surface area contributed by atoms with Gasteiger partial charge in [-0.3, -0.25) is 4.79 Å². The molecule has 134 valence electrons. The molecule has 1 aliphatic heterocycles. The lowest BCUT2D eigenvalue weighted by Crippen LogP contribution is -2.45. The van der Waals surface area contributed by atoms with Crippen LogP contribution >= 0.6 is 0 Å².